The Morgan fingerprint density at radius 3 is 2.71 bits per heavy atom. The van der Waals surface area contributed by atoms with Crippen LogP contribution >= 0.6 is 11.6 Å². The van der Waals surface area contributed by atoms with Gasteiger partial charge in [0.15, 0.2) is 0 Å². The lowest BCUT2D eigenvalue weighted by molar-refractivity contribution is 0.138. The monoisotopic (exact) mass is 306 g/mol. The van der Waals surface area contributed by atoms with Crippen molar-refractivity contribution in [3.63, 3.8) is 0 Å². The number of aromatic nitrogens is 2. The minimum Gasteiger partial charge on any atom is -0.491 e. The van der Waals surface area contributed by atoms with Gasteiger partial charge >= 0.3 is 0 Å². The molecule has 1 aromatic carbocycles. The molecule has 1 saturated carbocycles. The second kappa shape index (κ2) is 5.88. The number of fused-ring (bicyclic) bond motifs is 1. The number of benzene rings is 1. The Balaban J connectivity index is 2.15. The van der Waals surface area contributed by atoms with Gasteiger partial charge in [0.25, 0.3) is 0 Å². The van der Waals surface area contributed by atoms with Crippen LogP contribution in [0.3, 0.4) is 0 Å². The number of ether oxygens (including phenoxy) is 1. The van der Waals surface area contributed by atoms with Crippen molar-refractivity contribution < 1.29 is 4.74 Å². The van der Waals surface area contributed by atoms with Gasteiger partial charge in [-0.1, -0.05) is 19.9 Å². The van der Waals surface area contributed by atoms with E-state index in [0.717, 1.165) is 36.5 Å². The van der Waals surface area contributed by atoms with Crippen molar-refractivity contribution in [3.8, 4) is 5.75 Å². The van der Waals surface area contributed by atoms with E-state index in [2.05, 4.69) is 30.5 Å². The van der Waals surface area contributed by atoms with Crippen molar-refractivity contribution in [2.45, 2.75) is 57.4 Å². The molecular weight excluding hydrogens is 284 g/mol. The van der Waals surface area contributed by atoms with Crippen molar-refractivity contribution in [2.24, 2.45) is 0 Å². The molecule has 0 aliphatic heterocycles. The average Bonchev–Trinajstić information content (AvgIpc) is 2.84. The molecule has 3 rings (SSSR count). The molecule has 114 valence electrons. The molecule has 0 amide bonds. The van der Waals surface area contributed by atoms with Crippen LogP contribution in [-0.2, 0) is 11.4 Å². The summed E-state index contributed by atoms with van der Waals surface area (Å²) < 4.78 is 8.25. The smallest absolute Gasteiger partial charge is 0.147 e. The lowest BCUT2D eigenvalue weighted by Crippen LogP contribution is -2.40. The van der Waals surface area contributed by atoms with E-state index in [0.29, 0.717) is 5.88 Å². The number of nitrogens with zero attached hydrogens (tertiary/aromatic N) is 2. The molecule has 0 bridgehead atoms. The Hall–Kier alpha value is -1.22. The second-order valence-corrected chi connectivity index (χ2v) is 6.17. The summed E-state index contributed by atoms with van der Waals surface area (Å²) in [6.07, 6.45) is 5.86. The van der Waals surface area contributed by atoms with E-state index in [1.54, 1.807) is 0 Å². The van der Waals surface area contributed by atoms with E-state index < -0.39 is 0 Å². The number of rotatable bonds is 6. The first-order valence-electron chi connectivity index (χ1n) is 7.95. The Morgan fingerprint density at radius 2 is 2.14 bits per heavy atom. The van der Waals surface area contributed by atoms with Gasteiger partial charge in [-0.25, -0.2) is 4.98 Å². The standard InChI is InChI=1S/C17H23ClN2O/c1-3-11-21-14-8-5-7-13-16(14)19-15(12-18)20(13)17(4-2)9-6-10-17/h5,7-8H,3-4,6,9-12H2,1-2H3. The number of halogens is 1. The predicted molar refractivity (Wildman–Crippen MR) is 87.2 cm³/mol. The van der Waals surface area contributed by atoms with Crippen LogP contribution in [0.4, 0.5) is 0 Å². The fourth-order valence-electron chi connectivity index (χ4n) is 3.39. The number of hydrogen-bond donors (Lipinski definition) is 0. The zero-order valence-corrected chi connectivity index (χ0v) is 13.6. The molecule has 1 aliphatic carbocycles. The number of para-hydroxylation sites is 1. The highest BCUT2D eigenvalue weighted by atomic mass is 35.5. The van der Waals surface area contributed by atoms with Gasteiger partial charge in [0.2, 0.25) is 0 Å². The average molecular weight is 307 g/mol. The topological polar surface area (TPSA) is 27.1 Å². The molecule has 0 radical (unpaired) electrons. The van der Waals surface area contributed by atoms with E-state index in [1.165, 1.54) is 24.8 Å². The van der Waals surface area contributed by atoms with Crippen molar-refractivity contribution >= 4 is 22.6 Å². The van der Waals surface area contributed by atoms with Gasteiger partial charge in [-0.3, -0.25) is 0 Å². The highest BCUT2D eigenvalue weighted by molar-refractivity contribution is 6.17. The largest absolute Gasteiger partial charge is 0.491 e. The van der Waals surface area contributed by atoms with Gasteiger partial charge in [-0.2, -0.15) is 0 Å². The fraction of sp³-hybridized carbons (Fsp3) is 0.588. The van der Waals surface area contributed by atoms with Crippen LogP contribution in [0.25, 0.3) is 11.0 Å². The first-order valence-corrected chi connectivity index (χ1v) is 8.49. The van der Waals surface area contributed by atoms with E-state index in [9.17, 15) is 0 Å². The van der Waals surface area contributed by atoms with Crippen LogP contribution in [0.1, 0.15) is 51.8 Å². The van der Waals surface area contributed by atoms with Gasteiger partial charge in [0.05, 0.1) is 18.0 Å². The molecule has 1 heterocycles. The maximum absolute atomic E-state index is 6.18. The van der Waals surface area contributed by atoms with Crippen LogP contribution in [-0.4, -0.2) is 16.2 Å². The highest BCUT2D eigenvalue weighted by Crippen LogP contribution is 2.45. The molecule has 21 heavy (non-hydrogen) atoms. The van der Waals surface area contributed by atoms with Crippen LogP contribution in [0.5, 0.6) is 5.75 Å². The minimum absolute atomic E-state index is 0.211. The van der Waals surface area contributed by atoms with Crippen molar-refractivity contribution in [1.29, 1.82) is 0 Å². The maximum atomic E-state index is 6.18. The first kappa shape index (κ1) is 14.7. The van der Waals surface area contributed by atoms with Gasteiger partial charge < -0.3 is 9.30 Å². The fourth-order valence-corrected chi connectivity index (χ4v) is 3.57. The molecule has 1 aromatic heterocycles. The molecule has 0 unspecified atom stereocenters. The Labute approximate surface area is 131 Å². The first-order chi connectivity index (χ1) is 10.3. The molecule has 0 saturated heterocycles. The summed E-state index contributed by atoms with van der Waals surface area (Å²) in [5, 5.41) is 0. The van der Waals surface area contributed by atoms with Crippen molar-refractivity contribution in [2.75, 3.05) is 6.61 Å². The van der Waals surface area contributed by atoms with Gasteiger partial charge in [0, 0.05) is 5.54 Å². The normalized spacial score (nSPS) is 16.9. The molecule has 3 nitrogen and oxygen atoms in total. The summed E-state index contributed by atoms with van der Waals surface area (Å²) >= 11 is 6.18. The van der Waals surface area contributed by atoms with Crippen LogP contribution < -0.4 is 4.74 Å². The second-order valence-electron chi connectivity index (χ2n) is 5.90. The lowest BCUT2D eigenvalue weighted by atomic mass is 9.74. The summed E-state index contributed by atoms with van der Waals surface area (Å²) in [6.45, 7) is 5.10. The van der Waals surface area contributed by atoms with Crippen molar-refractivity contribution in [3.05, 3.63) is 24.0 Å². The minimum atomic E-state index is 0.211. The Morgan fingerprint density at radius 1 is 1.33 bits per heavy atom. The van der Waals surface area contributed by atoms with Gasteiger partial charge in [0.1, 0.15) is 17.1 Å². The number of alkyl halides is 1. The van der Waals surface area contributed by atoms with Crippen LogP contribution in [0, 0.1) is 0 Å². The van der Waals surface area contributed by atoms with Gasteiger partial charge in [-0.15, -0.1) is 11.6 Å². The van der Waals surface area contributed by atoms with Crippen LogP contribution in [0.2, 0.25) is 0 Å². The Kier molecular flexibility index (Phi) is 4.12. The molecular formula is C17H23ClN2O. The van der Waals surface area contributed by atoms with Crippen molar-refractivity contribution in [1.82, 2.24) is 9.55 Å². The Bertz CT molecular complexity index is 625. The molecule has 4 heteroatoms. The molecule has 0 N–H and O–H groups in total. The van der Waals surface area contributed by atoms with Crippen LogP contribution in [0.15, 0.2) is 18.2 Å². The molecule has 1 aliphatic rings. The van der Waals surface area contributed by atoms with Gasteiger partial charge in [-0.05, 0) is 44.2 Å². The summed E-state index contributed by atoms with van der Waals surface area (Å²) in [6, 6.07) is 6.21. The third-order valence-corrected chi connectivity index (χ3v) is 4.95. The van der Waals surface area contributed by atoms with E-state index >= 15 is 0 Å². The summed E-state index contributed by atoms with van der Waals surface area (Å²) in [7, 11) is 0. The third-order valence-electron chi connectivity index (χ3n) is 4.72. The summed E-state index contributed by atoms with van der Waals surface area (Å²) in [5.41, 5.74) is 2.34. The van der Waals surface area contributed by atoms with E-state index in [4.69, 9.17) is 21.3 Å². The van der Waals surface area contributed by atoms with E-state index in [1.807, 2.05) is 6.07 Å². The lowest BCUT2D eigenvalue weighted by Gasteiger charge is -2.44. The third kappa shape index (κ3) is 2.32. The number of imidazole rings is 1. The molecule has 0 spiro atoms. The van der Waals surface area contributed by atoms with E-state index in [-0.39, 0.29) is 5.54 Å². The zero-order valence-electron chi connectivity index (χ0n) is 12.9. The SMILES string of the molecule is CCCOc1cccc2c1nc(CCl)n2C1(CC)CCC1. The maximum Gasteiger partial charge on any atom is 0.147 e. The quantitative estimate of drug-likeness (QED) is 0.713. The molecule has 2 aromatic rings. The highest BCUT2D eigenvalue weighted by Gasteiger charge is 2.39. The number of hydrogen-bond acceptors (Lipinski definition) is 2. The summed E-state index contributed by atoms with van der Waals surface area (Å²) in [4.78, 5) is 4.79. The summed E-state index contributed by atoms with van der Waals surface area (Å²) in [5.74, 6) is 2.30. The zero-order chi connectivity index (χ0) is 14.9. The predicted octanol–water partition coefficient (Wildman–Crippen LogP) is 4.85. The molecule has 0 atom stereocenters. The molecule has 1 fully saturated rings.